The molecule has 1 N–H and O–H groups in total. The van der Waals surface area contributed by atoms with Crippen molar-refractivity contribution in [1.29, 1.82) is 0 Å². The lowest BCUT2D eigenvalue weighted by Crippen LogP contribution is -2.46. The van der Waals surface area contributed by atoms with Gasteiger partial charge in [0, 0.05) is 42.5 Å². The summed E-state index contributed by atoms with van der Waals surface area (Å²) in [6.45, 7) is 6.28. The molecule has 1 aromatic heterocycles. The summed E-state index contributed by atoms with van der Waals surface area (Å²) in [5.74, 6) is 2.47. The second kappa shape index (κ2) is 7.17. The average Bonchev–Trinajstić information content (AvgIpc) is 2.83. The third-order valence-electron chi connectivity index (χ3n) is 3.57. The van der Waals surface area contributed by atoms with Crippen molar-refractivity contribution in [3.63, 3.8) is 0 Å². The van der Waals surface area contributed by atoms with Gasteiger partial charge in [0.25, 0.3) is 0 Å². The van der Waals surface area contributed by atoms with E-state index in [-0.39, 0.29) is 0 Å². The van der Waals surface area contributed by atoms with Crippen LogP contribution in [0.25, 0.3) is 0 Å². The van der Waals surface area contributed by atoms with Crippen molar-refractivity contribution < 1.29 is 12.8 Å². The van der Waals surface area contributed by atoms with E-state index >= 15 is 0 Å². The van der Waals surface area contributed by atoms with Gasteiger partial charge in [-0.15, -0.1) is 0 Å². The number of nitrogens with one attached hydrogen (secondary N) is 1. The van der Waals surface area contributed by atoms with E-state index in [9.17, 15) is 8.42 Å². The van der Waals surface area contributed by atoms with Gasteiger partial charge in [-0.05, 0) is 6.07 Å². The minimum absolute atomic E-state index is 0.405. The molecule has 120 valence electrons. The van der Waals surface area contributed by atoms with Crippen molar-refractivity contribution >= 4 is 21.6 Å². The Bertz CT molecular complexity index is 554. The zero-order chi connectivity index (χ0) is 15.5. The third-order valence-corrected chi connectivity index (χ3v) is 6.26. The number of furan rings is 1. The number of thioether (sulfide) groups is 1. The predicted octanol–water partition coefficient (Wildman–Crippen LogP) is 1.70. The summed E-state index contributed by atoms with van der Waals surface area (Å²) >= 11 is 1.70. The van der Waals surface area contributed by atoms with Gasteiger partial charge in [-0.2, -0.15) is 11.8 Å². The van der Waals surface area contributed by atoms with Crippen molar-refractivity contribution in [2.24, 2.45) is 0 Å². The van der Waals surface area contributed by atoms with E-state index in [1.807, 2.05) is 11.0 Å². The SMILES string of the molecule is CC(C)NCc1ccoc1CN1CCSCC1S(C)(=O)=O. The second-order valence-electron chi connectivity index (χ2n) is 5.73. The average molecular weight is 332 g/mol. The highest BCUT2D eigenvalue weighted by Gasteiger charge is 2.31. The first-order valence-electron chi connectivity index (χ1n) is 7.17. The number of hydrogen-bond donors (Lipinski definition) is 1. The summed E-state index contributed by atoms with van der Waals surface area (Å²) < 4.78 is 29.4. The molecular weight excluding hydrogens is 308 g/mol. The molecule has 1 unspecified atom stereocenters. The molecule has 1 saturated heterocycles. The van der Waals surface area contributed by atoms with Gasteiger partial charge in [-0.3, -0.25) is 4.90 Å². The molecule has 1 aliphatic heterocycles. The molecule has 0 amide bonds. The summed E-state index contributed by atoms with van der Waals surface area (Å²) in [4.78, 5) is 2.02. The van der Waals surface area contributed by atoms with E-state index in [1.54, 1.807) is 18.0 Å². The number of rotatable bonds is 6. The first-order valence-corrected chi connectivity index (χ1v) is 10.3. The fraction of sp³-hybridized carbons (Fsp3) is 0.714. The largest absolute Gasteiger partial charge is 0.468 e. The molecule has 1 atom stereocenters. The number of nitrogens with zero attached hydrogens (tertiary/aromatic N) is 1. The topological polar surface area (TPSA) is 62.6 Å². The van der Waals surface area contributed by atoms with Crippen LogP contribution in [0.2, 0.25) is 0 Å². The molecule has 5 nitrogen and oxygen atoms in total. The zero-order valence-corrected chi connectivity index (χ0v) is 14.5. The van der Waals surface area contributed by atoms with Gasteiger partial charge in [-0.25, -0.2) is 8.42 Å². The molecular formula is C14H24N2O3S2. The monoisotopic (exact) mass is 332 g/mol. The molecule has 0 saturated carbocycles. The minimum Gasteiger partial charge on any atom is -0.468 e. The second-order valence-corrected chi connectivity index (χ2v) is 9.09. The van der Waals surface area contributed by atoms with Crippen LogP contribution in [0.4, 0.5) is 0 Å². The molecule has 0 aromatic carbocycles. The van der Waals surface area contributed by atoms with E-state index in [0.717, 1.165) is 30.2 Å². The summed E-state index contributed by atoms with van der Waals surface area (Å²) in [6.07, 6.45) is 3.00. The molecule has 0 aliphatic carbocycles. The van der Waals surface area contributed by atoms with Crippen molar-refractivity contribution in [2.75, 3.05) is 24.3 Å². The molecule has 7 heteroatoms. The normalized spacial score (nSPS) is 21.0. The first kappa shape index (κ1) is 16.9. The van der Waals surface area contributed by atoms with Crippen LogP contribution in [0.15, 0.2) is 16.7 Å². The van der Waals surface area contributed by atoms with Gasteiger partial charge < -0.3 is 9.73 Å². The first-order chi connectivity index (χ1) is 9.88. The molecule has 2 heterocycles. The Morgan fingerprint density at radius 1 is 1.52 bits per heavy atom. The van der Waals surface area contributed by atoms with Crippen LogP contribution in [0.1, 0.15) is 25.2 Å². The Kier molecular flexibility index (Phi) is 5.76. The van der Waals surface area contributed by atoms with Crippen LogP contribution < -0.4 is 5.32 Å². The number of sulfone groups is 1. The van der Waals surface area contributed by atoms with Crippen molar-refractivity contribution in [1.82, 2.24) is 10.2 Å². The predicted molar refractivity (Wildman–Crippen MR) is 87.1 cm³/mol. The highest BCUT2D eigenvalue weighted by atomic mass is 32.2. The lowest BCUT2D eigenvalue weighted by molar-refractivity contribution is 0.239. The van der Waals surface area contributed by atoms with Crippen molar-refractivity contribution in [2.45, 2.75) is 38.4 Å². The Morgan fingerprint density at radius 2 is 2.29 bits per heavy atom. The Labute approximate surface area is 131 Å². The van der Waals surface area contributed by atoms with Crippen molar-refractivity contribution in [3.05, 3.63) is 23.7 Å². The fourth-order valence-electron chi connectivity index (χ4n) is 2.35. The molecule has 0 radical (unpaired) electrons. The summed E-state index contributed by atoms with van der Waals surface area (Å²) in [7, 11) is -3.07. The van der Waals surface area contributed by atoms with Crippen LogP contribution in [-0.4, -0.2) is 49.0 Å². The number of hydrogen-bond acceptors (Lipinski definition) is 6. The van der Waals surface area contributed by atoms with Gasteiger partial charge in [-0.1, -0.05) is 13.8 Å². The molecule has 21 heavy (non-hydrogen) atoms. The summed E-state index contributed by atoms with van der Waals surface area (Å²) in [5.41, 5.74) is 1.11. The Balaban J connectivity index is 2.07. The lowest BCUT2D eigenvalue weighted by Gasteiger charge is -2.33. The fourth-order valence-corrected chi connectivity index (χ4v) is 5.29. The lowest BCUT2D eigenvalue weighted by atomic mass is 10.2. The van der Waals surface area contributed by atoms with E-state index in [2.05, 4.69) is 19.2 Å². The standard InChI is InChI=1S/C14H24N2O3S2/c1-11(2)15-8-12-4-6-19-13(12)9-16-5-7-20-10-14(16)21(3,17)18/h4,6,11,14-15H,5,7-10H2,1-3H3. The van der Waals surface area contributed by atoms with Crippen LogP contribution in [0, 0.1) is 0 Å². The van der Waals surface area contributed by atoms with Crippen LogP contribution >= 0.6 is 11.8 Å². The molecule has 0 spiro atoms. The van der Waals surface area contributed by atoms with Gasteiger partial charge in [0.15, 0.2) is 9.84 Å². The van der Waals surface area contributed by atoms with Crippen molar-refractivity contribution in [3.8, 4) is 0 Å². The van der Waals surface area contributed by atoms with Gasteiger partial charge >= 0.3 is 0 Å². The molecule has 2 rings (SSSR count). The highest BCUT2D eigenvalue weighted by molar-refractivity contribution is 8.00. The Morgan fingerprint density at radius 3 is 2.95 bits per heavy atom. The molecule has 1 fully saturated rings. The van der Waals surface area contributed by atoms with Crippen LogP contribution in [-0.2, 0) is 22.9 Å². The van der Waals surface area contributed by atoms with Gasteiger partial charge in [0.2, 0.25) is 0 Å². The maximum atomic E-state index is 11.9. The Hall–Kier alpha value is -0.500. The van der Waals surface area contributed by atoms with Gasteiger partial charge in [0.05, 0.1) is 12.8 Å². The van der Waals surface area contributed by atoms with Crippen LogP contribution in [0.5, 0.6) is 0 Å². The smallest absolute Gasteiger partial charge is 0.164 e. The summed E-state index contributed by atoms with van der Waals surface area (Å²) in [6, 6.07) is 2.36. The van der Waals surface area contributed by atoms with E-state index in [4.69, 9.17) is 4.42 Å². The van der Waals surface area contributed by atoms with E-state index in [1.165, 1.54) is 6.26 Å². The van der Waals surface area contributed by atoms with Crippen LogP contribution in [0.3, 0.4) is 0 Å². The summed E-state index contributed by atoms with van der Waals surface area (Å²) in [5, 5.41) is 2.96. The highest BCUT2D eigenvalue weighted by Crippen LogP contribution is 2.24. The van der Waals surface area contributed by atoms with E-state index < -0.39 is 15.2 Å². The minimum atomic E-state index is -3.07. The quantitative estimate of drug-likeness (QED) is 0.855. The third kappa shape index (κ3) is 4.74. The molecule has 0 bridgehead atoms. The van der Waals surface area contributed by atoms with E-state index in [0.29, 0.717) is 18.3 Å². The maximum absolute atomic E-state index is 11.9. The van der Waals surface area contributed by atoms with Gasteiger partial charge in [0.1, 0.15) is 11.1 Å². The molecule has 1 aliphatic rings. The zero-order valence-electron chi connectivity index (χ0n) is 12.8. The molecule has 1 aromatic rings. The maximum Gasteiger partial charge on any atom is 0.164 e.